The minimum Gasteiger partial charge on any atom is -0.326 e. The van der Waals surface area contributed by atoms with E-state index in [1.165, 1.54) is 26.0 Å². The van der Waals surface area contributed by atoms with Crippen LogP contribution in [0.3, 0.4) is 0 Å². The Bertz CT molecular complexity index is 1070. The van der Waals surface area contributed by atoms with Crippen LogP contribution in [0.4, 0.5) is 11.4 Å². The minimum atomic E-state index is -4.28. The van der Waals surface area contributed by atoms with E-state index in [0.717, 1.165) is 4.90 Å². The number of nitrogens with zero attached hydrogens (tertiary/aromatic N) is 1. The van der Waals surface area contributed by atoms with E-state index in [9.17, 15) is 23.7 Å². The summed E-state index contributed by atoms with van der Waals surface area (Å²) in [4.78, 5) is 68.0. The van der Waals surface area contributed by atoms with Crippen molar-refractivity contribution in [3.63, 3.8) is 0 Å². The van der Waals surface area contributed by atoms with Gasteiger partial charge in [0, 0.05) is 37.2 Å². The summed E-state index contributed by atoms with van der Waals surface area (Å²) < 4.78 is 11.1. The number of imide groups is 1. The maximum Gasteiger partial charge on any atom is 0.325 e. The normalized spacial score (nSPS) is 13.5. The molecule has 0 fully saturated rings. The lowest BCUT2D eigenvalue weighted by Crippen LogP contribution is -2.41. The monoisotopic (exact) mass is 433 g/mol. The van der Waals surface area contributed by atoms with E-state index in [1.54, 1.807) is 12.1 Å². The van der Waals surface area contributed by atoms with Crippen molar-refractivity contribution in [2.75, 3.05) is 23.3 Å². The van der Waals surface area contributed by atoms with Gasteiger partial charge in [-0.05, 0) is 36.1 Å². The lowest BCUT2D eigenvalue weighted by Gasteiger charge is -2.28. The molecule has 3 rings (SSSR count). The molecule has 1 aliphatic rings. The van der Waals surface area contributed by atoms with Crippen molar-refractivity contribution in [3.05, 3.63) is 35.4 Å². The van der Waals surface area contributed by atoms with Crippen LogP contribution < -0.4 is 10.6 Å². The second kappa shape index (κ2) is 7.98. The fourth-order valence-corrected chi connectivity index (χ4v) is 3.98. The highest BCUT2D eigenvalue weighted by molar-refractivity contribution is 7.51. The number of benzene rings is 2. The summed E-state index contributed by atoms with van der Waals surface area (Å²) in [7, 11) is -4.28. The van der Waals surface area contributed by atoms with Gasteiger partial charge in [0.25, 0.3) is 11.8 Å². The summed E-state index contributed by atoms with van der Waals surface area (Å²) in [6, 6.07) is 6.10. The van der Waals surface area contributed by atoms with E-state index in [-0.39, 0.29) is 35.9 Å². The highest BCUT2D eigenvalue weighted by atomic mass is 31.2. The smallest absolute Gasteiger partial charge is 0.325 e. The molecule has 4 N–H and O–H groups in total. The van der Waals surface area contributed by atoms with Crippen LogP contribution in [-0.4, -0.2) is 51.0 Å². The molecule has 0 spiro atoms. The first kappa shape index (κ1) is 21.6. The molecule has 4 amide bonds. The van der Waals surface area contributed by atoms with Gasteiger partial charge in [-0.25, -0.2) is 0 Å². The van der Waals surface area contributed by atoms with E-state index in [4.69, 9.17) is 9.79 Å². The number of anilines is 2. The second-order valence-corrected chi connectivity index (χ2v) is 8.79. The molecule has 10 nitrogen and oxygen atoms in total. The molecule has 2 aromatic rings. The van der Waals surface area contributed by atoms with Crippen molar-refractivity contribution in [2.45, 2.75) is 20.3 Å². The van der Waals surface area contributed by atoms with Crippen LogP contribution in [0.1, 0.15) is 41.0 Å². The Balaban J connectivity index is 2.12. The predicted molar refractivity (Wildman–Crippen MR) is 109 cm³/mol. The van der Waals surface area contributed by atoms with Crippen molar-refractivity contribution in [1.82, 2.24) is 4.90 Å². The van der Waals surface area contributed by atoms with Gasteiger partial charge in [-0.1, -0.05) is 0 Å². The zero-order valence-corrected chi connectivity index (χ0v) is 17.2. The number of carbonyl (C=O) groups is 4. The van der Waals surface area contributed by atoms with Crippen LogP contribution in [0, 0.1) is 0 Å². The zero-order chi connectivity index (χ0) is 22.2. The summed E-state index contributed by atoms with van der Waals surface area (Å²) in [5.41, 5.74) is 1.04. The average Bonchev–Trinajstić information content (AvgIpc) is 2.59. The molecule has 0 radical (unpaired) electrons. The van der Waals surface area contributed by atoms with Gasteiger partial charge in [-0.2, -0.15) is 0 Å². The Labute approximate surface area is 171 Å². The molecule has 0 aliphatic carbocycles. The lowest BCUT2D eigenvalue weighted by atomic mass is 9.92. The Morgan fingerprint density at radius 1 is 0.933 bits per heavy atom. The van der Waals surface area contributed by atoms with Gasteiger partial charge in [0.05, 0.1) is 17.3 Å². The fourth-order valence-electron chi connectivity index (χ4n) is 3.42. The lowest BCUT2D eigenvalue weighted by molar-refractivity contribution is -0.115. The van der Waals surface area contributed by atoms with E-state index in [2.05, 4.69) is 10.6 Å². The molecule has 30 heavy (non-hydrogen) atoms. The van der Waals surface area contributed by atoms with Crippen LogP contribution in [-0.2, 0) is 14.2 Å². The standard InChI is InChI=1S/C19H20N3O7P/c1-10(23)20-13-6-12-7-14(21-11(2)24)9-16-17(12)15(8-13)18(25)22(19(16)26)4-3-5-30(27,28)29/h6-9H,3-5H2,1-2H3,(H,20,23)(H,21,24)(H2,27,28,29). The molecule has 1 heterocycles. The van der Waals surface area contributed by atoms with Crippen LogP contribution in [0.15, 0.2) is 24.3 Å². The molecule has 0 saturated heterocycles. The van der Waals surface area contributed by atoms with Crippen molar-refractivity contribution in [1.29, 1.82) is 0 Å². The molecular weight excluding hydrogens is 413 g/mol. The van der Waals surface area contributed by atoms with Gasteiger partial charge >= 0.3 is 7.60 Å². The minimum absolute atomic E-state index is 0.0724. The first-order valence-electron chi connectivity index (χ1n) is 9.04. The summed E-state index contributed by atoms with van der Waals surface area (Å²) in [6.07, 6.45) is -0.540. The van der Waals surface area contributed by atoms with Gasteiger partial charge in [-0.15, -0.1) is 0 Å². The molecule has 0 bridgehead atoms. The largest absolute Gasteiger partial charge is 0.326 e. The molecule has 0 atom stereocenters. The topological polar surface area (TPSA) is 153 Å². The van der Waals surface area contributed by atoms with Crippen LogP contribution >= 0.6 is 7.60 Å². The third kappa shape index (κ3) is 4.56. The SMILES string of the molecule is CC(=O)Nc1cc2c3c(cc(NC(C)=O)cc3c1)C(=O)N(CCCP(=O)(O)O)C2=O. The summed E-state index contributed by atoms with van der Waals surface area (Å²) in [5, 5.41) is 6.07. The Kier molecular flexibility index (Phi) is 5.76. The summed E-state index contributed by atoms with van der Waals surface area (Å²) >= 11 is 0. The number of hydrogen-bond acceptors (Lipinski definition) is 5. The van der Waals surface area contributed by atoms with Crippen LogP contribution in [0.25, 0.3) is 10.8 Å². The molecule has 0 unspecified atom stereocenters. The van der Waals surface area contributed by atoms with Gasteiger partial charge in [0.2, 0.25) is 11.8 Å². The molecule has 158 valence electrons. The second-order valence-electron chi connectivity index (χ2n) is 7.01. The fraction of sp³-hybridized carbons (Fsp3) is 0.263. The highest BCUT2D eigenvalue weighted by Gasteiger charge is 2.34. The maximum atomic E-state index is 13.0. The van der Waals surface area contributed by atoms with E-state index in [0.29, 0.717) is 22.1 Å². The summed E-state index contributed by atoms with van der Waals surface area (Å²) in [5.74, 6) is -1.94. The highest BCUT2D eigenvalue weighted by Crippen LogP contribution is 2.37. The van der Waals surface area contributed by atoms with Crippen LogP contribution in [0.5, 0.6) is 0 Å². The third-order valence-electron chi connectivity index (χ3n) is 4.47. The molecule has 0 saturated carbocycles. The van der Waals surface area contributed by atoms with E-state index >= 15 is 0 Å². The summed E-state index contributed by atoms with van der Waals surface area (Å²) in [6.45, 7) is 2.45. The van der Waals surface area contributed by atoms with E-state index < -0.39 is 25.6 Å². The van der Waals surface area contributed by atoms with Gasteiger partial charge in [-0.3, -0.25) is 28.6 Å². The van der Waals surface area contributed by atoms with E-state index in [1.807, 2.05) is 0 Å². The van der Waals surface area contributed by atoms with Gasteiger partial charge < -0.3 is 20.4 Å². The Morgan fingerprint density at radius 3 is 1.80 bits per heavy atom. The quantitative estimate of drug-likeness (QED) is 0.401. The number of carbonyl (C=O) groups excluding carboxylic acids is 4. The first-order valence-corrected chi connectivity index (χ1v) is 10.8. The third-order valence-corrected chi connectivity index (χ3v) is 5.37. The van der Waals surface area contributed by atoms with Gasteiger partial charge in [0.15, 0.2) is 0 Å². The van der Waals surface area contributed by atoms with Crippen molar-refractivity contribution in [2.24, 2.45) is 0 Å². The van der Waals surface area contributed by atoms with Crippen LogP contribution in [0.2, 0.25) is 0 Å². The number of rotatable bonds is 6. The number of nitrogens with one attached hydrogen (secondary N) is 2. The number of amides is 4. The Hall–Kier alpha value is -3.07. The van der Waals surface area contributed by atoms with Crippen molar-refractivity contribution < 1.29 is 33.5 Å². The van der Waals surface area contributed by atoms with Crippen molar-refractivity contribution >= 4 is 53.4 Å². The first-order chi connectivity index (χ1) is 14.0. The average molecular weight is 433 g/mol. The predicted octanol–water partition coefficient (Wildman–Crippen LogP) is 1.92. The zero-order valence-electron chi connectivity index (χ0n) is 16.3. The molecule has 2 aromatic carbocycles. The Morgan fingerprint density at radius 2 is 1.40 bits per heavy atom. The van der Waals surface area contributed by atoms with Crippen molar-refractivity contribution in [3.8, 4) is 0 Å². The maximum absolute atomic E-state index is 13.0. The molecule has 1 aliphatic heterocycles. The molecule has 0 aromatic heterocycles. The number of hydrogen-bond donors (Lipinski definition) is 4. The van der Waals surface area contributed by atoms with Gasteiger partial charge in [0.1, 0.15) is 0 Å². The molecule has 11 heteroatoms. The molecular formula is C19H20N3O7P.